The second kappa shape index (κ2) is 10.7. The molecule has 0 aromatic heterocycles. The van der Waals surface area contributed by atoms with E-state index in [0.29, 0.717) is 11.4 Å². The van der Waals surface area contributed by atoms with Crippen LogP contribution in [0.25, 0.3) is 0 Å². The number of hydrogen-bond donors (Lipinski definition) is 8. The standard InChI is InChI=1S/C19H29NO10S/c20-9-3-1-8(2-4-9)7-31-19-16(27)14(25)17(11(6-22)29-19)30-18-15(26)13(24)12(23)10(5-21)28-18/h1-4,10-19,21-27H,5-7,20H2/t10-,11-,12-,13+,14-,15-,16-,17-,18+,19+/m1/s1. The molecule has 0 saturated carbocycles. The van der Waals surface area contributed by atoms with Gasteiger partial charge in [-0.25, -0.2) is 0 Å². The minimum atomic E-state index is -1.70. The van der Waals surface area contributed by atoms with Gasteiger partial charge >= 0.3 is 0 Å². The van der Waals surface area contributed by atoms with Crippen LogP contribution in [0.1, 0.15) is 5.56 Å². The van der Waals surface area contributed by atoms with Crippen LogP contribution in [0.2, 0.25) is 0 Å². The second-order valence-electron chi connectivity index (χ2n) is 7.56. The lowest BCUT2D eigenvalue weighted by atomic mass is 9.97. The van der Waals surface area contributed by atoms with Crippen molar-refractivity contribution in [2.75, 3.05) is 18.9 Å². The van der Waals surface area contributed by atoms with Crippen LogP contribution in [0.4, 0.5) is 5.69 Å². The zero-order valence-electron chi connectivity index (χ0n) is 16.5. The Balaban J connectivity index is 1.65. The third-order valence-electron chi connectivity index (χ3n) is 5.35. The lowest BCUT2D eigenvalue weighted by Gasteiger charge is -2.46. The molecule has 0 amide bonds. The Morgan fingerprint density at radius 2 is 1.45 bits per heavy atom. The van der Waals surface area contributed by atoms with Crippen molar-refractivity contribution >= 4 is 17.4 Å². The molecule has 2 saturated heterocycles. The van der Waals surface area contributed by atoms with Gasteiger partial charge in [-0.1, -0.05) is 12.1 Å². The number of benzene rings is 1. The fraction of sp³-hybridized carbons (Fsp3) is 0.684. The molecule has 10 atom stereocenters. The fourth-order valence-corrected chi connectivity index (χ4v) is 4.61. The highest BCUT2D eigenvalue weighted by Crippen LogP contribution is 2.34. The molecule has 0 radical (unpaired) electrons. The van der Waals surface area contributed by atoms with Gasteiger partial charge in [0, 0.05) is 11.4 Å². The first-order chi connectivity index (χ1) is 14.8. The Labute approximate surface area is 183 Å². The average Bonchev–Trinajstić information content (AvgIpc) is 2.77. The van der Waals surface area contributed by atoms with E-state index in [9.17, 15) is 35.7 Å². The highest BCUT2D eigenvalue weighted by Gasteiger charge is 2.50. The summed E-state index contributed by atoms with van der Waals surface area (Å²) in [5, 5.41) is 70.1. The fourth-order valence-electron chi connectivity index (χ4n) is 3.49. The molecule has 2 aliphatic heterocycles. The maximum absolute atomic E-state index is 10.6. The number of thioether (sulfide) groups is 1. The van der Waals surface area contributed by atoms with Crippen LogP contribution in [0.15, 0.2) is 24.3 Å². The molecule has 0 spiro atoms. The van der Waals surface area contributed by atoms with Crippen LogP contribution in [0.3, 0.4) is 0 Å². The second-order valence-corrected chi connectivity index (χ2v) is 8.64. The predicted molar refractivity (Wildman–Crippen MR) is 109 cm³/mol. The first kappa shape index (κ1) is 24.6. The molecular weight excluding hydrogens is 434 g/mol. The molecule has 1 aromatic carbocycles. The summed E-state index contributed by atoms with van der Waals surface area (Å²) in [6, 6.07) is 7.12. The Morgan fingerprint density at radius 1 is 0.806 bits per heavy atom. The summed E-state index contributed by atoms with van der Waals surface area (Å²) in [5.74, 6) is 0.450. The van der Waals surface area contributed by atoms with E-state index in [1.807, 2.05) is 12.1 Å². The maximum atomic E-state index is 10.6. The Kier molecular flexibility index (Phi) is 8.51. The lowest BCUT2D eigenvalue weighted by Crippen LogP contribution is -2.64. The van der Waals surface area contributed by atoms with Gasteiger partial charge in [-0.15, -0.1) is 11.8 Å². The van der Waals surface area contributed by atoms with Crippen LogP contribution < -0.4 is 5.73 Å². The van der Waals surface area contributed by atoms with Crippen molar-refractivity contribution in [1.29, 1.82) is 0 Å². The molecule has 176 valence electrons. The third kappa shape index (κ3) is 5.49. The molecule has 1 aromatic rings. The summed E-state index contributed by atoms with van der Waals surface area (Å²) in [6.07, 6.45) is -13.0. The summed E-state index contributed by atoms with van der Waals surface area (Å²) in [7, 11) is 0. The largest absolute Gasteiger partial charge is 0.399 e. The molecule has 12 heteroatoms. The number of aliphatic hydroxyl groups is 7. The zero-order valence-corrected chi connectivity index (χ0v) is 17.4. The van der Waals surface area contributed by atoms with Crippen molar-refractivity contribution < 1.29 is 50.0 Å². The molecule has 2 aliphatic rings. The van der Waals surface area contributed by atoms with Crippen LogP contribution in [0.5, 0.6) is 0 Å². The smallest absolute Gasteiger partial charge is 0.187 e. The van der Waals surface area contributed by atoms with Crippen molar-refractivity contribution in [2.24, 2.45) is 0 Å². The number of anilines is 1. The minimum Gasteiger partial charge on any atom is -0.399 e. The Hall–Kier alpha value is -1.03. The van der Waals surface area contributed by atoms with Gasteiger partial charge in [0.15, 0.2) is 6.29 Å². The summed E-state index contributed by atoms with van der Waals surface area (Å²) in [6.45, 7) is -1.21. The summed E-state index contributed by atoms with van der Waals surface area (Å²) < 4.78 is 16.5. The molecule has 0 bridgehead atoms. The van der Waals surface area contributed by atoms with E-state index in [-0.39, 0.29) is 0 Å². The van der Waals surface area contributed by atoms with Gasteiger partial charge in [0.1, 0.15) is 54.3 Å². The van der Waals surface area contributed by atoms with Gasteiger partial charge in [0.05, 0.1) is 13.2 Å². The molecule has 0 unspecified atom stereocenters. The average molecular weight is 464 g/mol. The molecule has 0 aliphatic carbocycles. The van der Waals surface area contributed by atoms with Gasteiger partial charge in [-0.2, -0.15) is 0 Å². The van der Waals surface area contributed by atoms with Gasteiger partial charge in [0.25, 0.3) is 0 Å². The number of ether oxygens (including phenoxy) is 3. The van der Waals surface area contributed by atoms with E-state index >= 15 is 0 Å². The van der Waals surface area contributed by atoms with E-state index in [2.05, 4.69) is 0 Å². The lowest BCUT2D eigenvalue weighted by molar-refractivity contribution is -0.338. The van der Waals surface area contributed by atoms with Gasteiger partial charge in [-0.3, -0.25) is 0 Å². The zero-order chi connectivity index (χ0) is 22.7. The molecule has 31 heavy (non-hydrogen) atoms. The molecule has 2 heterocycles. The normalized spacial score (nSPS) is 41.3. The van der Waals surface area contributed by atoms with Crippen LogP contribution in [-0.2, 0) is 20.0 Å². The number of hydrogen-bond acceptors (Lipinski definition) is 12. The van der Waals surface area contributed by atoms with E-state index in [4.69, 9.17) is 19.9 Å². The topological polar surface area (TPSA) is 195 Å². The van der Waals surface area contributed by atoms with Crippen molar-refractivity contribution in [3.05, 3.63) is 29.8 Å². The van der Waals surface area contributed by atoms with Gasteiger partial charge in [-0.05, 0) is 17.7 Å². The van der Waals surface area contributed by atoms with Gasteiger partial charge < -0.3 is 55.7 Å². The quantitative estimate of drug-likeness (QED) is 0.193. The first-order valence-corrected chi connectivity index (χ1v) is 10.9. The van der Waals surface area contributed by atoms with Crippen molar-refractivity contribution in [3.8, 4) is 0 Å². The number of nitrogens with two attached hydrogens (primary N) is 1. The third-order valence-corrected chi connectivity index (χ3v) is 6.57. The first-order valence-electron chi connectivity index (χ1n) is 9.81. The van der Waals surface area contributed by atoms with Crippen LogP contribution >= 0.6 is 11.8 Å². The van der Waals surface area contributed by atoms with E-state index < -0.39 is 73.8 Å². The highest BCUT2D eigenvalue weighted by atomic mass is 32.2. The van der Waals surface area contributed by atoms with E-state index in [1.54, 1.807) is 12.1 Å². The van der Waals surface area contributed by atoms with Crippen molar-refractivity contribution in [1.82, 2.24) is 0 Å². The SMILES string of the molecule is Nc1ccc(CS[C@@H]2O[C@H](CO)[C@@H](O[C@@H]3O[C@H](CO)[C@@H](O)[C@H](O)[C@H]3O)[C@H](O)[C@H]2O)cc1. The number of rotatable bonds is 7. The summed E-state index contributed by atoms with van der Waals surface area (Å²) >= 11 is 1.21. The maximum Gasteiger partial charge on any atom is 0.187 e. The predicted octanol–water partition coefficient (Wildman–Crippen LogP) is -2.87. The van der Waals surface area contributed by atoms with Gasteiger partial charge in [0.2, 0.25) is 0 Å². The molecule has 2 fully saturated rings. The Bertz CT molecular complexity index is 693. The molecular formula is C19H29NO10S. The summed E-state index contributed by atoms with van der Waals surface area (Å²) in [4.78, 5) is 0. The van der Waals surface area contributed by atoms with Crippen molar-refractivity contribution in [3.63, 3.8) is 0 Å². The highest BCUT2D eigenvalue weighted by molar-refractivity contribution is 7.99. The molecule has 9 N–H and O–H groups in total. The molecule has 11 nitrogen and oxygen atoms in total. The summed E-state index contributed by atoms with van der Waals surface area (Å²) in [5.41, 5.74) is 6.32. The van der Waals surface area contributed by atoms with Crippen molar-refractivity contribution in [2.45, 2.75) is 66.3 Å². The molecule has 3 rings (SSSR count). The van der Waals surface area contributed by atoms with E-state index in [1.165, 1.54) is 11.8 Å². The number of nitrogen functional groups attached to an aromatic ring is 1. The Morgan fingerprint density at radius 3 is 2.06 bits per heavy atom. The van der Waals surface area contributed by atoms with E-state index in [0.717, 1.165) is 5.56 Å². The monoisotopic (exact) mass is 463 g/mol. The minimum absolute atomic E-state index is 0.450. The number of aliphatic hydroxyl groups excluding tert-OH is 7. The van der Waals surface area contributed by atoms with Crippen LogP contribution in [-0.4, -0.2) is 110 Å². The van der Waals surface area contributed by atoms with Crippen LogP contribution in [0, 0.1) is 0 Å².